The van der Waals surface area contributed by atoms with E-state index < -0.39 is 0 Å². The van der Waals surface area contributed by atoms with Gasteiger partial charge in [-0.25, -0.2) is 0 Å². The Balaban J connectivity index is 1.88. The van der Waals surface area contributed by atoms with Crippen molar-refractivity contribution in [2.24, 2.45) is 0 Å². The minimum Gasteiger partial charge on any atom is -0.490 e. The van der Waals surface area contributed by atoms with E-state index in [-0.39, 0.29) is 5.91 Å². The largest absolute Gasteiger partial charge is 0.490 e. The van der Waals surface area contributed by atoms with Crippen LogP contribution in [0.2, 0.25) is 5.02 Å². The van der Waals surface area contributed by atoms with Crippen molar-refractivity contribution in [1.82, 2.24) is 0 Å². The number of halogens is 1. The Morgan fingerprint density at radius 2 is 1.88 bits per heavy atom. The zero-order chi connectivity index (χ0) is 17.1. The van der Waals surface area contributed by atoms with Gasteiger partial charge in [-0.3, -0.25) is 4.79 Å². The molecule has 0 fully saturated rings. The third-order valence-electron chi connectivity index (χ3n) is 3.77. The minimum atomic E-state index is -0.195. The van der Waals surface area contributed by atoms with Crippen LogP contribution in [0.3, 0.4) is 0 Å². The van der Waals surface area contributed by atoms with Crippen LogP contribution in [0.5, 0.6) is 11.5 Å². The van der Waals surface area contributed by atoms with Crippen LogP contribution in [0.15, 0.2) is 35.2 Å². The van der Waals surface area contributed by atoms with Crippen LogP contribution in [-0.4, -0.2) is 25.4 Å². The number of ether oxygens (including phenoxy) is 2. The van der Waals surface area contributed by atoms with Gasteiger partial charge in [0.15, 0.2) is 11.5 Å². The molecule has 0 spiro atoms. The standard InChI is InChI=1S/C18H18ClNO3S/c1-11-4-5-12(24-2)8-13(11)18(21)20-15-10-17-16(9-14(15)19)22-6-3-7-23-17/h4-5,8-10H,3,6-7H2,1-2H3,(H,20,21). The molecule has 3 rings (SSSR count). The molecule has 0 bridgehead atoms. The molecule has 0 aromatic heterocycles. The number of nitrogens with one attached hydrogen (secondary N) is 1. The molecule has 0 atom stereocenters. The Bertz CT molecular complexity index is 779. The summed E-state index contributed by atoms with van der Waals surface area (Å²) in [6.45, 7) is 3.08. The van der Waals surface area contributed by atoms with E-state index in [0.29, 0.717) is 41.0 Å². The smallest absolute Gasteiger partial charge is 0.256 e. The highest BCUT2D eigenvalue weighted by atomic mass is 35.5. The summed E-state index contributed by atoms with van der Waals surface area (Å²) in [5.41, 5.74) is 2.06. The Hall–Kier alpha value is -1.85. The lowest BCUT2D eigenvalue weighted by atomic mass is 10.1. The van der Waals surface area contributed by atoms with E-state index in [1.807, 2.05) is 31.4 Å². The second kappa shape index (κ2) is 7.36. The van der Waals surface area contributed by atoms with Crippen LogP contribution >= 0.6 is 23.4 Å². The molecule has 1 amide bonds. The van der Waals surface area contributed by atoms with Gasteiger partial charge in [0.2, 0.25) is 0 Å². The number of carbonyl (C=O) groups is 1. The van der Waals surface area contributed by atoms with Crippen molar-refractivity contribution in [3.05, 3.63) is 46.5 Å². The second-order valence-electron chi connectivity index (χ2n) is 5.46. The number of benzene rings is 2. The zero-order valence-electron chi connectivity index (χ0n) is 13.5. The molecule has 0 unspecified atom stereocenters. The predicted molar refractivity (Wildman–Crippen MR) is 98.0 cm³/mol. The number of hydrogen-bond donors (Lipinski definition) is 1. The number of thioether (sulfide) groups is 1. The number of amides is 1. The van der Waals surface area contributed by atoms with Crippen molar-refractivity contribution >= 4 is 35.0 Å². The lowest BCUT2D eigenvalue weighted by Crippen LogP contribution is -2.14. The maximum atomic E-state index is 12.6. The van der Waals surface area contributed by atoms with Crippen molar-refractivity contribution in [3.63, 3.8) is 0 Å². The summed E-state index contributed by atoms with van der Waals surface area (Å²) in [7, 11) is 0. The monoisotopic (exact) mass is 363 g/mol. The highest BCUT2D eigenvalue weighted by Crippen LogP contribution is 2.38. The van der Waals surface area contributed by atoms with Gasteiger partial charge in [0.05, 0.1) is 23.9 Å². The fraction of sp³-hybridized carbons (Fsp3) is 0.278. The average molecular weight is 364 g/mol. The molecule has 2 aromatic rings. The summed E-state index contributed by atoms with van der Waals surface area (Å²) in [4.78, 5) is 13.7. The maximum Gasteiger partial charge on any atom is 0.256 e. The SMILES string of the molecule is CSc1ccc(C)c(C(=O)Nc2cc3c(cc2Cl)OCCCO3)c1. The fourth-order valence-electron chi connectivity index (χ4n) is 2.44. The number of rotatable bonds is 3. The van der Waals surface area contributed by atoms with E-state index >= 15 is 0 Å². The van der Waals surface area contributed by atoms with Gasteiger partial charge in [-0.2, -0.15) is 0 Å². The van der Waals surface area contributed by atoms with Crippen molar-refractivity contribution in [1.29, 1.82) is 0 Å². The third kappa shape index (κ3) is 3.62. The van der Waals surface area contributed by atoms with Crippen molar-refractivity contribution in [2.45, 2.75) is 18.2 Å². The second-order valence-corrected chi connectivity index (χ2v) is 6.75. The molecule has 126 valence electrons. The number of aryl methyl sites for hydroxylation is 1. The summed E-state index contributed by atoms with van der Waals surface area (Å²) in [5.74, 6) is 1.01. The summed E-state index contributed by atoms with van der Waals surface area (Å²) in [5, 5.41) is 3.30. The minimum absolute atomic E-state index is 0.195. The maximum absolute atomic E-state index is 12.6. The molecule has 24 heavy (non-hydrogen) atoms. The quantitative estimate of drug-likeness (QED) is 0.797. The van der Waals surface area contributed by atoms with E-state index in [2.05, 4.69) is 5.32 Å². The van der Waals surface area contributed by atoms with E-state index in [9.17, 15) is 4.79 Å². The summed E-state index contributed by atoms with van der Waals surface area (Å²) in [6.07, 6.45) is 2.79. The first-order chi connectivity index (χ1) is 11.6. The Morgan fingerprint density at radius 3 is 2.58 bits per heavy atom. The number of hydrogen-bond acceptors (Lipinski definition) is 4. The van der Waals surface area contributed by atoms with Gasteiger partial charge in [-0.05, 0) is 30.9 Å². The summed E-state index contributed by atoms with van der Waals surface area (Å²) in [6, 6.07) is 9.22. The van der Waals surface area contributed by atoms with Gasteiger partial charge < -0.3 is 14.8 Å². The van der Waals surface area contributed by atoms with Gasteiger partial charge in [-0.15, -0.1) is 11.8 Å². The number of fused-ring (bicyclic) bond motifs is 1. The lowest BCUT2D eigenvalue weighted by molar-refractivity contribution is 0.102. The number of anilines is 1. The van der Waals surface area contributed by atoms with Gasteiger partial charge in [0.1, 0.15) is 0 Å². The number of carbonyl (C=O) groups excluding carboxylic acids is 1. The molecule has 6 heteroatoms. The average Bonchev–Trinajstić information content (AvgIpc) is 2.80. The molecule has 1 aliphatic heterocycles. The topological polar surface area (TPSA) is 47.6 Å². The molecule has 0 saturated carbocycles. The van der Waals surface area contributed by atoms with Crippen molar-refractivity contribution < 1.29 is 14.3 Å². The normalized spacial score (nSPS) is 13.3. The first-order valence-electron chi connectivity index (χ1n) is 7.63. The van der Waals surface area contributed by atoms with E-state index in [4.69, 9.17) is 21.1 Å². The summed E-state index contributed by atoms with van der Waals surface area (Å²) < 4.78 is 11.3. The molecule has 0 saturated heterocycles. The fourth-order valence-corrected chi connectivity index (χ4v) is 3.08. The highest BCUT2D eigenvalue weighted by molar-refractivity contribution is 7.98. The molecular formula is C18H18ClNO3S. The van der Waals surface area contributed by atoms with Gasteiger partial charge >= 0.3 is 0 Å². The van der Waals surface area contributed by atoms with Gasteiger partial charge in [-0.1, -0.05) is 17.7 Å². The van der Waals surface area contributed by atoms with E-state index in [1.54, 1.807) is 23.9 Å². The molecule has 1 N–H and O–H groups in total. The third-order valence-corrected chi connectivity index (χ3v) is 4.81. The van der Waals surface area contributed by atoms with Crippen LogP contribution in [0.1, 0.15) is 22.3 Å². The molecule has 4 nitrogen and oxygen atoms in total. The Labute approximate surface area is 150 Å². The summed E-state index contributed by atoms with van der Waals surface area (Å²) >= 11 is 7.89. The van der Waals surface area contributed by atoms with Crippen LogP contribution in [0.4, 0.5) is 5.69 Å². The first-order valence-corrected chi connectivity index (χ1v) is 9.24. The Morgan fingerprint density at radius 1 is 1.17 bits per heavy atom. The molecule has 2 aromatic carbocycles. The van der Waals surface area contributed by atoms with Gasteiger partial charge in [0, 0.05) is 29.0 Å². The molecular weight excluding hydrogens is 346 g/mol. The van der Waals surface area contributed by atoms with Gasteiger partial charge in [0.25, 0.3) is 5.91 Å². The molecule has 0 radical (unpaired) electrons. The van der Waals surface area contributed by atoms with Crippen LogP contribution in [0.25, 0.3) is 0 Å². The van der Waals surface area contributed by atoms with E-state index in [1.165, 1.54) is 0 Å². The molecule has 1 aliphatic rings. The highest BCUT2D eigenvalue weighted by Gasteiger charge is 2.17. The van der Waals surface area contributed by atoms with E-state index in [0.717, 1.165) is 16.9 Å². The van der Waals surface area contributed by atoms with Crippen LogP contribution < -0.4 is 14.8 Å². The first kappa shape index (κ1) is 17.0. The van der Waals surface area contributed by atoms with Crippen LogP contribution in [-0.2, 0) is 0 Å². The Kier molecular flexibility index (Phi) is 5.21. The van der Waals surface area contributed by atoms with Crippen LogP contribution in [0, 0.1) is 6.92 Å². The predicted octanol–water partition coefficient (Wildman–Crippen LogP) is 4.78. The van der Waals surface area contributed by atoms with Crippen molar-refractivity contribution in [2.75, 3.05) is 24.8 Å². The molecule has 1 heterocycles. The lowest BCUT2D eigenvalue weighted by Gasteiger charge is -2.13. The zero-order valence-corrected chi connectivity index (χ0v) is 15.1. The molecule has 0 aliphatic carbocycles. The van der Waals surface area contributed by atoms with Crippen molar-refractivity contribution in [3.8, 4) is 11.5 Å².